The topological polar surface area (TPSA) is 54.4 Å². The minimum Gasteiger partial charge on any atom is -0.497 e. The number of nitrogens with zero attached hydrogens (tertiary/aromatic N) is 3. The van der Waals surface area contributed by atoms with E-state index in [1.807, 2.05) is 35.2 Å². The van der Waals surface area contributed by atoms with Crippen LogP contribution in [-0.4, -0.2) is 73.4 Å². The molecule has 0 aromatic heterocycles. The number of amides is 1. The first-order valence-corrected chi connectivity index (χ1v) is 12.7. The van der Waals surface area contributed by atoms with Crippen molar-refractivity contribution in [2.75, 3.05) is 33.9 Å². The summed E-state index contributed by atoms with van der Waals surface area (Å²) in [5.41, 5.74) is 4.36. The molecule has 2 aliphatic rings. The predicted octanol–water partition coefficient (Wildman–Crippen LogP) is 4.74. The number of likely N-dealkylation sites (N-methyl/N-ethyl adjacent to an activating group) is 1. The van der Waals surface area contributed by atoms with Gasteiger partial charge in [-0.25, -0.2) is 0 Å². The Kier molecular flexibility index (Phi) is 7.34. The van der Waals surface area contributed by atoms with Crippen molar-refractivity contribution in [2.24, 2.45) is 4.99 Å². The number of ether oxygens (including phenoxy) is 2. The van der Waals surface area contributed by atoms with Crippen molar-refractivity contribution >= 4 is 11.6 Å². The Morgan fingerprint density at radius 2 is 1.83 bits per heavy atom. The van der Waals surface area contributed by atoms with E-state index < -0.39 is 5.60 Å². The molecule has 2 aliphatic heterocycles. The van der Waals surface area contributed by atoms with Crippen LogP contribution in [0.5, 0.6) is 5.75 Å². The molecule has 0 saturated carbocycles. The summed E-state index contributed by atoms with van der Waals surface area (Å²) in [6, 6.07) is 14.4. The van der Waals surface area contributed by atoms with Crippen molar-refractivity contribution in [1.82, 2.24) is 9.80 Å². The molecule has 4 rings (SSSR count). The Morgan fingerprint density at radius 3 is 2.43 bits per heavy atom. The van der Waals surface area contributed by atoms with Crippen LogP contribution in [0.2, 0.25) is 0 Å². The van der Waals surface area contributed by atoms with E-state index in [0.29, 0.717) is 12.2 Å². The van der Waals surface area contributed by atoms with Gasteiger partial charge in [0.05, 0.1) is 18.9 Å². The highest BCUT2D eigenvalue weighted by atomic mass is 16.5. The molecule has 2 aromatic rings. The summed E-state index contributed by atoms with van der Waals surface area (Å²) in [6.45, 7) is 12.7. The van der Waals surface area contributed by atoms with Gasteiger partial charge in [0.2, 0.25) is 0 Å². The average Bonchev–Trinajstić information content (AvgIpc) is 2.83. The number of carbonyl (C=O) groups is 1. The largest absolute Gasteiger partial charge is 0.497 e. The van der Waals surface area contributed by atoms with E-state index in [4.69, 9.17) is 14.5 Å². The third-order valence-corrected chi connectivity index (χ3v) is 7.20. The van der Waals surface area contributed by atoms with Crippen molar-refractivity contribution in [2.45, 2.75) is 64.8 Å². The van der Waals surface area contributed by atoms with Crippen LogP contribution >= 0.6 is 0 Å². The molecule has 2 aromatic carbocycles. The highest BCUT2D eigenvalue weighted by Crippen LogP contribution is 2.44. The summed E-state index contributed by atoms with van der Waals surface area (Å²) in [4.78, 5) is 22.7. The van der Waals surface area contributed by atoms with E-state index in [2.05, 4.69) is 58.7 Å². The van der Waals surface area contributed by atoms with Crippen LogP contribution in [0.15, 0.2) is 47.5 Å². The summed E-state index contributed by atoms with van der Waals surface area (Å²) in [7, 11) is 3.83. The number of hydrogen-bond acceptors (Lipinski definition) is 5. The standard InChI is InChI=1S/C29H39N3O3/c1-8-35-29-18-31(6)16-15-26(29)30-27(24-17-23(34-7)13-14-25(24)29)21-9-11-22(12-10-21)28(33)32(19(2)3)20(4)5/h9-14,17,19-20,26H,8,15-16,18H2,1-7H3. The Hall–Kier alpha value is -2.70. The van der Waals surface area contributed by atoms with Gasteiger partial charge in [-0.15, -0.1) is 0 Å². The normalized spacial score (nSPS) is 22.0. The lowest BCUT2D eigenvalue weighted by molar-refractivity contribution is -0.100. The molecule has 35 heavy (non-hydrogen) atoms. The molecule has 0 radical (unpaired) electrons. The molecule has 2 atom stereocenters. The summed E-state index contributed by atoms with van der Waals surface area (Å²) in [6.07, 6.45) is 0.930. The van der Waals surface area contributed by atoms with Gasteiger partial charge in [-0.3, -0.25) is 9.79 Å². The number of likely N-dealkylation sites (tertiary alicyclic amines) is 1. The number of methoxy groups -OCH3 is 1. The van der Waals surface area contributed by atoms with Gasteiger partial charge in [-0.05, 0) is 77.9 Å². The lowest BCUT2D eigenvalue weighted by atomic mass is 9.75. The molecule has 188 valence electrons. The number of carbonyl (C=O) groups excluding carboxylic acids is 1. The molecule has 2 heterocycles. The van der Waals surface area contributed by atoms with Crippen LogP contribution in [0.4, 0.5) is 0 Å². The van der Waals surface area contributed by atoms with E-state index in [-0.39, 0.29) is 24.0 Å². The minimum atomic E-state index is -0.474. The van der Waals surface area contributed by atoms with Gasteiger partial charge in [0.25, 0.3) is 5.91 Å². The Morgan fingerprint density at radius 1 is 1.14 bits per heavy atom. The smallest absolute Gasteiger partial charge is 0.254 e. The van der Waals surface area contributed by atoms with Crippen molar-refractivity contribution in [3.05, 3.63) is 64.7 Å². The molecular formula is C29H39N3O3. The van der Waals surface area contributed by atoms with Gasteiger partial charge in [0, 0.05) is 48.5 Å². The number of hydrogen-bond donors (Lipinski definition) is 0. The van der Waals surface area contributed by atoms with Crippen LogP contribution in [0.1, 0.15) is 68.1 Å². The fraction of sp³-hybridized carbons (Fsp3) is 0.517. The van der Waals surface area contributed by atoms with Crippen LogP contribution in [-0.2, 0) is 10.3 Å². The van der Waals surface area contributed by atoms with E-state index in [1.165, 1.54) is 0 Å². The number of fused-ring (bicyclic) bond motifs is 3. The van der Waals surface area contributed by atoms with Gasteiger partial charge in [0.1, 0.15) is 11.4 Å². The molecule has 0 aliphatic carbocycles. The second-order valence-corrected chi connectivity index (χ2v) is 10.2. The average molecular weight is 478 g/mol. The highest BCUT2D eigenvalue weighted by molar-refractivity contribution is 6.15. The van der Waals surface area contributed by atoms with Crippen molar-refractivity contribution < 1.29 is 14.3 Å². The first-order chi connectivity index (χ1) is 16.7. The minimum absolute atomic E-state index is 0.0354. The molecule has 6 heteroatoms. The van der Waals surface area contributed by atoms with Gasteiger partial charge in [0.15, 0.2) is 0 Å². The van der Waals surface area contributed by atoms with E-state index in [9.17, 15) is 4.79 Å². The Bertz CT molecular complexity index is 1080. The second-order valence-electron chi connectivity index (χ2n) is 10.2. The third kappa shape index (κ3) is 4.62. The van der Waals surface area contributed by atoms with Gasteiger partial charge in [-0.2, -0.15) is 0 Å². The van der Waals surface area contributed by atoms with Crippen molar-refractivity contribution in [3.8, 4) is 5.75 Å². The number of rotatable bonds is 7. The molecule has 1 saturated heterocycles. The zero-order valence-electron chi connectivity index (χ0n) is 22.2. The van der Waals surface area contributed by atoms with Crippen molar-refractivity contribution in [3.63, 3.8) is 0 Å². The Labute approximate surface area is 209 Å². The molecule has 6 nitrogen and oxygen atoms in total. The van der Waals surface area contributed by atoms with Gasteiger partial charge >= 0.3 is 0 Å². The van der Waals surface area contributed by atoms with E-state index >= 15 is 0 Å². The summed E-state index contributed by atoms with van der Waals surface area (Å²) < 4.78 is 12.1. The molecule has 1 fully saturated rings. The summed E-state index contributed by atoms with van der Waals surface area (Å²) >= 11 is 0. The van der Waals surface area contributed by atoms with Crippen LogP contribution in [0.25, 0.3) is 0 Å². The van der Waals surface area contributed by atoms with Gasteiger partial charge in [-0.1, -0.05) is 18.2 Å². The fourth-order valence-corrected chi connectivity index (χ4v) is 5.73. The number of aliphatic imine (C=N–C) groups is 1. The second kappa shape index (κ2) is 10.1. The quantitative estimate of drug-likeness (QED) is 0.578. The zero-order chi connectivity index (χ0) is 25.3. The molecule has 2 unspecified atom stereocenters. The zero-order valence-corrected chi connectivity index (χ0v) is 22.2. The first-order valence-electron chi connectivity index (χ1n) is 12.7. The Balaban J connectivity index is 1.78. The number of piperidine rings is 1. The highest BCUT2D eigenvalue weighted by Gasteiger charge is 2.49. The third-order valence-electron chi connectivity index (χ3n) is 7.20. The SMILES string of the molecule is CCOC12CN(C)CCC1N=C(c1ccc(C(=O)N(C(C)C)C(C)C)cc1)c1cc(OC)ccc12. The van der Waals surface area contributed by atoms with Crippen molar-refractivity contribution in [1.29, 1.82) is 0 Å². The fourth-order valence-electron chi connectivity index (χ4n) is 5.73. The molecule has 0 spiro atoms. The summed E-state index contributed by atoms with van der Waals surface area (Å²) in [5.74, 6) is 0.849. The molecule has 0 bridgehead atoms. The molecule has 1 amide bonds. The van der Waals surface area contributed by atoms with Crippen LogP contribution < -0.4 is 4.74 Å². The van der Waals surface area contributed by atoms with Crippen LogP contribution in [0.3, 0.4) is 0 Å². The maximum Gasteiger partial charge on any atom is 0.254 e. The summed E-state index contributed by atoms with van der Waals surface area (Å²) in [5, 5.41) is 0. The lowest BCUT2D eigenvalue weighted by Crippen LogP contribution is -2.56. The van der Waals surface area contributed by atoms with E-state index in [0.717, 1.165) is 47.7 Å². The molecular weight excluding hydrogens is 438 g/mol. The lowest BCUT2D eigenvalue weighted by Gasteiger charge is -2.48. The van der Waals surface area contributed by atoms with E-state index in [1.54, 1.807) is 7.11 Å². The maximum absolute atomic E-state index is 13.2. The number of benzene rings is 2. The monoisotopic (exact) mass is 477 g/mol. The predicted molar refractivity (Wildman–Crippen MR) is 141 cm³/mol. The van der Waals surface area contributed by atoms with Crippen LogP contribution in [0, 0.1) is 0 Å². The maximum atomic E-state index is 13.2. The molecule has 0 N–H and O–H groups in total. The first kappa shape index (κ1) is 25.4. The van der Waals surface area contributed by atoms with Gasteiger partial charge < -0.3 is 19.3 Å².